The molecule has 0 radical (unpaired) electrons. The van der Waals surface area contributed by atoms with E-state index in [4.69, 9.17) is 25.5 Å². The highest BCUT2D eigenvalue weighted by atomic mass is 79.9. The van der Waals surface area contributed by atoms with Gasteiger partial charge in [-0.3, -0.25) is 14.5 Å². The molecule has 37 heavy (non-hydrogen) atoms. The maximum absolute atomic E-state index is 13.9. The monoisotopic (exact) mass is 581 g/mol. The molecule has 0 fully saturated rings. The Morgan fingerprint density at radius 2 is 1.78 bits per heavy atom. The number of ether oxygens (including phenoxy) is 2. The molecule has 1 unspecified atom stereocenters. The highest BCUT2D eigenvalue weighted by Gasteiger charge is 2.46. The fourth-order valence-corrected chi connectivity index (χ4v) is 5.07. The van der Waals surface area contributed by atoms with Crippen LogP contribution in [0.1, 0.15) is 27.7 Å². The van der Waals surface area contributed by atoms with E-state index < -0.39 is 23.5 Å². The number of carbonyl (C=O) groups excluding carboxylic acids is 2. The van der Waals surface area contributed by atoms with Gasteiger partial charge in [-0.2, -0.15) is 0 Å². The SMILES string of the molecule is COc1ccc(C2C(C(=O)c3cc4cc(Br)ccc4o3)=C(O)C(=O)N2c2cc(Cl)ccc2C)cc1OC. The Balaban J connectivity index is 1.71. The molecule has 0 saturated carbocycles. The van der Waals surface area contributed by atoms with Gasteiger partial charge >= 0.3 is 0 Å². The van der Waals surface area contributed by atoms with Crippen LogP contribution in [0.3, 0.4) is 0 Å². The largest absolute Gasteiger partial charge is 0.503 e. The van der Waals surface area contributed by atoms with Crippen molar-refractivity contribution < 1.29 is 28.6 Å². The van der Waals surface area contributed by atoms with Crippen molar-refractivity contribution in [2.24, 2.45) is 0 Å². The first-order valence-corrected chi connectivity index (χ1v) is 12.4. The highest BCUT2D eigenvalue weighted by molar-refractivity contribution is 9.10. The average Bonchev–Trinajstić information content (AvgIpc) is 3.43. The summed E-state index contributed by atoms with van der Waals surface area (Å²) < 4.78 is 17.5. The lowest BCUT2D eigenvalue weighted by atomic mass is 9.94. The molecule has 1 aliphatic heterocycles. The Morgan fingerprint density at radius 3 is 2.51 bits per heavy atom. The minimum Gasteiger partial charge on any atom is -0.503 e. The number of furan rings is 1. The summed E-state index contributed by atoms with van der Waals surface area (Å²) in [6.45, 7) is 1.82. The number of anilines is 1. The Labute approximate surface area is 226 Å². The van der Waals surface area contributed by atoms with Gasteiger partial charge in [0.05, 0.1) is 25.8 Å². The average molecular weight is 583 g/mol. The summed E-state index contributed by atoms with van der Waals surface area (Å²) in [5.41, 5.74) is 2.10. The molecular weight excluding hydrogens is 562 g/mol. The third-order valence-electron chi connectivity index (χ3n) is 6.31. The quantitative estimate of drug-likeness (QED) is 0.247. The maximum atomic E-state index is 13.9. The van der Waals surface area contributed by atoms with Gasteiger partial charge in [-0.1, -0.05) is 39.7 Å². The van der Waals surface area contributed by atoms with Crippen LogP contribution < -0.4 is 14.4 Å². The van der Waals surface area contributed by atoms with Crippen LogP contribution in [-0.4, -0.2) is 31.0 Å². The highest BCUT2D eigenvalue weighted by Crippen LogP contribution is 2.45. The lowest BCUT2D eigenvalue weighted by molar-refractivity contribution is -0.117. The molecule has 7 nitrogen and oxygen atoms in total. The number of aliphatic hydroxyl groups is 1. The molecule has 4 aromatic rings. The van der Waals surface area contributed by atoms with Gasteiger partial charge in [-0.25, -0.2) is 0 Å². The van der Waals surface area contributed by atoms with Gasteiger partial charge in [-0.05, 0) is 66.6 Å². The first-order chi connectivity index (χ1) is 17.7. The van der Waals surface area contributed by atoms with E-state index >= 15 is 0 Å². The maximum Gasteiger partial charge on any atom is 0.294 e. The predicted molar refractivity (Wildman–Crippen MR) is 144 cm³/mol. The van der Waals surface area contributed by atoms with Crippen molar-refractivity contribution >= 4 is 55.9 Å². The molecule has 1 aliphatic rings. The first-order valence-electron chi connectivity index (χ1n) is 11.2. The van der Waals surface area contributed by atoms with Crippen molar-refractivity contribution in [3.05, 3.63) is 98.4 Å². The Bertz CT molecular complexity index is 1610. The normalized spacial score (nSPS) is 15.5. The predicted octanol–water partition coefficient (Wildman–Crippen LogP) is 6.96. The zero-order valence-electron chi connectivity index (χ0n) is 20.0. The zero-order valence-corrected chi connectivity index (χ0v) is 22.4. The van der Waals surface area contributed by atoms with Gasteiger partial charge in [-0.15, -0.1) is 0 Å². The minimum atomic E-state index is -0.989. The van der Waals surface area contributed by atoms with Crippen molar-refractivity contribution in [3.8, 4) is 11.5 Å². The Hall–Kier alpha value is -3.75. The van der Waals surface area contributed by atoms with Gasteiger partial charge in [0.25, 0.3) is 5.91 Å². The van der Waals surface area contributed by atoms with E-state index in [2.05, 4.69) is 15.9 Å². The molecule has 1 amide bonds. The number of methoxy groups -OCH3 is 2. The smallest absolute Gasteiger partial charge is 0.294 e. The molecule has 1 N–H and O–H groups in total. The molecule has 0 bridgehead atoms. The second-order valence-corrected chi connectivity index (χ2v) is 9.86. The minimum absolute atomic E-state index is 0.00223. The van der Waals surface area contributed by atoms with Crippen LogP contribution in [0.2, 0.25) is 5.02 Å². The molecule has 1 aromatic heterocycles. The topological polar surface area (TPSA) is 89.2 Å². The Morgan fingerprint density at radius 1 is 1.03 bits per heavy atom. The van der Waals surface area contributed by atoms with Crippen molar-refractivity contribution in [1.82, 2.24) is 0 Å². The fourth-order valence-electron chi connectivity index (χ4n) is 4.52. The molecule has 0 aliphatic carbocycles. The zero-order chi connectivity index (χ0) is 26.4. The van der Waals surface area contributed by atoms with E-state index in [0.717, 1.165) is 10.0 Å². The second-order valence-electron chi connectivity index (χ2n) is 8.51. The summed E-state index contributed by atoms with van der Waals surface area (Å²) in [4.78, 5) is 28.8. The summed E-state index contributed by atoms with van der Waals surface area (Å²) >= 11 is 9.69. The van der Waals surface area contributed by atoms with Crippen molar-refractivity contribution in [2.75, 3.05) is 19.1 Å². The van der Waals surface area contributed by atoms with E-state index in [0.29, 0.717) is 38.7 Å². The van der Waals surface area contributed by atoms with Crippen LogP contribution in [0, 0.1) is 6.92 Å². The number of aryl methyl sites for hydroxylation is 1. The third kappa shape index (κ3) is 4.26. The lowest BCUT2D eigenvalue weighted by Crippen LogP contribution is -2.31. The van der Waals surface area contributed by atoms with E-state index in [9.17, 15) is 14.7 Å². The molecule has 0 spiro atoms. The summed E-state index contributed by atoms with van der Waals surface area (Å²) in [5, 5.41) is 12.2. The van der Waals surface area contributed by atoms with Gasteiger partial charge < -0.3 is 19.0 Å². The third-order valence-corrected chi connectivity index (χ3v) is 7.04. The van der Waals surface area contributed by atoms with Gasteiger partial charge in [0, 0.05) is 20.6 Å². The van der Waals surface area contributed by atoms with Crippen LogP contribution >= 0.6 is 27.5 Å². The van der Waals surface area contributed by atoms with Crippen LogP contribution in [-0.2, 0) is 4.79 Å². The van der Waals surface area contributed by atoms with Gasteiger partial charge in [0.1, 0.15) is 5.58 Å². The number of hydrogen-bond donors (Lipinski definition) is 1. The number of carbonyl (C=O) groups is 2. The molecule has 188 valence electrons. The molecule has 0 saturated heterocycles. The van der Waals surface area contributed by atoms with Gasteiger partial charge in [0.2, 0.25) is 5.78 Å². The number of Topliss-reactive ketones (excluding diaryl/α,β-unsaturated/α-hetero) is 1. The molecule has 9 heteroatoms. The van der Waals surface area contributed by atoms with Crippen molar-refractivity contribution in [1.29, 1.82) is 0 Å². The first kappa shape index (κ1) is 24.9. The molecular formula is C28H21BrClNO6. The molecule has 3 aromatic carbocycles. The summed E-state index contributed by atoms with van der Waals surface area (Å²) in [7, 11) is 3.01. The second kappa shape index (κ2) is 9.61. The lowest BCUT2D eigenvalue weighted by Gasteiger charge is -2.28. The van der Waals surface area contributed by atoms with E-state index in [1.54, 1.807) is 54.6 Å². The number of rotatable bonds is 6. The molecule has 5 rings (SSSR count). The molecule has 2 heterocycles. The van der Waals surface area contributed by atoms with E-state index in [-0.39, 0.29) is 11.3 Å². The summed E-state index contributed by atoms with van der Waals surface area (Å²) in [5.74, 6) is -1.12. The van der Waals surface area contributed by atoms with Crippen LogP contribution in [0.5, 0.6) is 11.5 Å². The fraction of sp³-hybridized carbons (Fsp3) is 0.143. The summed E-state index contributed by atoms with van der Waals surface area (Å²) in [6, 6.07) is 16.1. The van der Waals surface area contributed by atoms with E-state index in [1.165, 1.54) is 19.1 Å². The number of benzene rings is 3. The summed E-state index contributed by atoms with van der Waals surface area (Å²) in [6.07, 6.45) is 0. The van der Waals surface area contributed by atoms with Crippen molar-refractivity contribution in [3.63, 3.8) is 0 Å². The number of ketones is 1. The number of aliphatic hydroxyl groups excluding tert-OH is 1. The standard InChI is InChI=1S/C28H21BrClNO6/c1-14-4-7-18(30)13-19(14)31-25(15-5-8-21(35-2)22(11-15)36-3)24(27(33)28(31)34)26(32)23-12-16-10-17(29)6-9-20(16)37-23/h4-13,25,33H,1-3H3. The number of nitrogens with zero attached hydrogens (tertiary/aromatic N) is 1. The van der Waals surface area contributed by atoms with Crippen molar-refractivity contribution in [2.45, 2.75) is 13.0 Å². The Kier molecular flexibility index (Phi) is 6.47. The van der Waals surface area contributed by atoms with Crippen LogP contribution in [0.15, 0.2) is 80.9 Å². The number of amides is 1. The van der Waals surface area contributed by atoms with E-state index in [1.807, 2.05) is 13.0 Å². The van der Waals surface area contributed by atoms with Crippen LogP contribution in [0.25, 0.3) is 11.0 Å². The number of hydrogen-bond acceptors (Lipinski definition) is 6. The van der Waals surface area contributed by atoms with Gasteiger partial charge in [0.15, 0.2) is 23.0 Å². The van der Waals surface area contributed by atoms with Crippen LogP contribution in [0.4, 0.5) is 5.69 Å². The number of halogens is 2. The molecule has 1 atom stereocenters. The number of fused-ring (bicyclic) bond motifs is 1.